The highest BCUT2D eigenvalue weighted by molar-refractivity contribution is 5.76. The molecule has 114 valence electrons. The van der Waals surface area contributed by atoms with Crippen molar-refractivity contribution in [2.24, 2.45) is 5.92 Å². The lowest BCUT2D eigenvalue weighted by Gasteiger charge is -2.34. The molecule has 6 nitrogen and oxygen atoms in total. The molecule has 0 aromatic carbocycles. The van der Waals surface area contributed by atoms with Gasteiger partial charge in [0.1, 0.15) is 0 Å². The summed E-state index contributed by atoms with van der Waals surface area (Å²) in [4.78, 5) is 31.0. The first kappa shape index (κ1) is 15.3. The molecule has 1 N–H and O–H groups in total. The fraction of sp³-hybridized carbons (Fsp3) is 0.533. The van der Waals surface area contributed by atoms with Crippen LogP contribution in [-0.2, 0) is 11.3 Å². The van der Waals surface area contributed by atoms with Crippen LogP contribution >= 0.6 is 0 Å². The number of hydrogen-bond donors (Lipinski definition) is 1. The highest BCUT2D eigenvalue weighted by atomic mass is 16.4. The maximum Gasteiger partial charge on any atom is 0.320 e. The average molecular weight is 291 g/mol. The SMILES string of the molecule is CCN(Cc1ccncc1)C(=O)N1CCC[C@H](C(=O)O)C1. The summed E-state index contributed by atoms with van der Waals surface area (Å²) in [5.41, 5.74) is 1.02. The van der Waals surface area contributed by atoms with Crippen LogP contribution in [0.5, 0.6) is 0 Å². The van der Waals surface area contributed by atoms with Crippen LogP contribution in [0.4, 0.5) is 4.79 Å². The second-order valence-electron chi connectivity index (χ2n) is 5.28. The fourth-order valence-corrected chi connectivity index (χ4v) is 2.58. The number of rotatable bonds is 4. The zero-order valence-corrected chi connectivity index (χ0v) is 12.2. The van der Waals surface area contributed by atoms with Crippen molar-refractivity contribution < 1.29 is 14.7 Å². The summed E-state index contributed by atoms with van der Waals surface area (Å²) in [5.74, 6) is -1.26. The summed E-state index contributed by atoms with van der Waals surface area (Å²) in [6.45, 7) is 3.98. The topological polar surface area (TPSA) is 73.7 Å². The van der Waals surface area contributed by atoms with E-state index >= 15 is 0 Å². The largest absolute Gasteiger partial charge is 0.481 e. The first-order chi connectivity index (χ1) is 10.1. The van der Waals surface area contributed by atoms with Gasteiger partial charge in [0.05, 0.1) is 5.92 Å². The van der Waals surface area contributed by atoms with Gasteiger partial charge in [0, 0.05) is 38.6 Å². The van der Waals surface area contributed by atoms with Gasteiger partial charge in [0.25, 0.3) is 0 Å². The van der Waals surface area contributed by atoms with E-state index in [0.29, 0.717) is 32.6 Å². The summed E-state index contributed by atoms with van der Waals surface area (Å²) in [6, 6.07) is 3.68. The number of carboxylic acids is 1. The van der Waals surface area contributed by atoms with Gasteiger partial charge in [-0.3, -0.25) is 9.78 Å². The highest BCUT2D eigenvalue weighted by Gasteiger charge is 2.30. The molecule has 1 atom stereocenters. The van der Waals surface area contributed by atoms with Gasteiger partial charge >= 0.3 is 12.0 Å². The van der Waals surface area contributed by atoms with Crippen LogP contribution in [0.25, 0.3) is 0 Å². The second kappa shape index (κ2) is 7.06. The molecular weight excluding hydrogens is 270 g/mol. The van der Waals surface area contributed by atoms with Crippen molar-refractivity contribution in [3.63, 3.8) is 0 Å². The average Bonchev–Trinajstić information content (AvgIpc) is 2.53. The second-order valence-corrected chi connectivity index (χ2v) is 5.28. The lowest BCUT2D eigenvalue weighted by atomic mass is 9.98. The van der Waals surface area contributed by atoms with E-state index in [-0.39, 0.29) is 6.03 Å². The van der Waals surface area contributed by atoms with E-state index in [9.17, 15) is 9.59 Å². The Labute approximate surface area is 124 Å². The number of pyridine rings is 1. The number of carbonyl (C=O) groups is 2. The van der Waals surface area contributed by atoms with Gasteiger partial charge in [-0.1, -0.05) is 0 Å². The van der Waals surface area contributed by atoms with Gasteiger partial charge in [-0.2, -0.15) is 0 Å². The molecule has 1 aromatic rings. The van der Waals surface area contributed by atoms with Gasteiger partial charge in [0.2, 0.25) is 0 Å². The Morgan fingerprint density at radius 1 is 1.43 bits per heavy atom. The van der Waals surface area contributed by atoms with Crippen LogP contribution in [0.15, 0.2) is 24.5 Å². The first-order valence-electron chi connectivity index (χ1n) is 7.27. The Kier molecular flexibility index (Phi) is 5.14. The highest BCUT2D eigenvalue weighted by Crippen LogP contribution is 2.18. The molecule has 2 amide bonds. The molecule has 0 spiro atoms. The maximum absolute atomic E-state index is 12.5. The summed E-state index contributed by atoms with van der Waals surface area (Å²) >= 11 is 0. The molecule has 0 aliphatic carbocycles. The summed E-state index contributed by atoms with van der Waals surface area (Å²) in [6.07, 6.45) is 4.80. The quantitative estimate of drug-likeness (QED) is 0.918. The third kappa shape index (κ3) is 3.93. The normalized spacial score (nSPS) is 18.3. The molecular formula is C15H21N3O3. The summed E-state index contributed by atoms with van der Waals surface area (Å²) in [7, 11) is 0. The van der Waals surface area contributed by atoms with Crippen molar-refractivity contribution in [2.45, 2.75) is 26.3 Å². The van der Waals surface area contributed by atoms with E-state index < -0.39 is 11.9 Å². The molecule has 0 radical (unpaired) electrons. The van der Waals surface area contributed by atoms with Crippen LogP contribution < -0.4 is 0 Å². The number of carboxylic acid groups (broad SMARTS) is 1. The number of hydrogen-bond acceptors (Lipinski definition) is 3. The number of likely N-dealkylation sites (tertiary alicyclic amines) is 1. The lowest BCUT2D eigenvalue weighted by Crippen LogP contribution is -2.48. The van der Waals surface area contributed by atoms with Crippen molar-refractivity contribution in [3.8, 4) is 0 Å². The number of carbonyl (C=O) groups excluding carboxylic acids is 1. The number of urea groups is 1. The number of piperidine rings is 1. The predicted octanol–water partition coefficient (Wildman–Crippen LogP) is 1.82. The maximum atomic E-state index is 12.5. The van der Waals surface area contributed by atoms with Gasteiger partial charge in [-0.25, -0.2) is 4.79 Å². The van der Waals surface area contributed by atoms with Gasteiger partial charge in [-0.15, -0.1) is 0 Å². The van der Waals surface area contributed by atoms with Crippen molar-refractivity contribution in [1.82, 2.24) is 14.8 Å². The minimum Gasteiger partial charge on any atom is -0.481 e. The standard InChI is InChI=1S/C15H21N3O3/c1-2-17(10-12-5-7-16-8-6-12)15(21)18-9-3-4-13(11-18)14(19)20/h5-8,13H,2-4,9-11H2,1H3,(H,19,20)/t13-/m0/s1. The van der Waals surface area contributed by atoms with Crippen LogP contribution in [0.1, 0.15) is 25.3 Å². The minimum atomic E-state index is -0.815. The van der Waals surface area contributed by atoms with Crippen molar-refractivity contribution in [3.05, 3.63) is 30.1 Å². The molecule has 1 aliphatic heterocycles. The van der Waals surface area contributed by atoms with Crippen LogP contribution in [0.3, 0.4) is 0 Å². The number of aromatic nitrogens is 1. The minimum absolute atomic E-state index is 0.0831. The summed E-state index contributed by atoms with van der Waals surface area (Å²) in [5, 5.41) is 9.11. The van der Waals surface area contributed by atoms with E-state index in [1.54, 1.807) is 22.2 Å². The molecule has 2 heterocycles. The van der Waals surface area contributed by atoms with Crippen molar-refractivity contribution >= 4 is 12.0 Å². The molecule has 6 heteroatoms. The lowest BCUT2D eigenvalue weighted by molar-refractivity contribution is -0.143. The third-order valence-electron chi connectivity index (χ3n) is 3.82. The van der Waals surface area contributed by atoms with Gasteiger partial charge < -0.3 is 14.9 Å². The zero-order chi connectivity index (χ0) is 15.2. The monoisotopic (exact) mass is 291 g/mol. The Hall–Kier alpha value is -2.11. The van der Waals surface area contributed by atoms with Crippen molar-refractivity contribution in [2.75, 3.05) is 19.6 Å². The van der Waals surface area contributed by atoms with Crippen molar-refractivity contribution in [1.29, 1.82) is 0 Å². The molecule has 0 unspecified atom stereocenters. The smallest absolute Gasteiger partial charge is 0.320 e. The van der Waals surface area contributed by atoms with Crippen LogP contribution in [-0.4, -0.2) is 51.5 Å². The first-order valence-corrected chi connectivity index (χ1v) is 7.27. The molecule has 0 saturated carbocycles. The third-order valence-corrected chi connectivity index (χ3v) is 3.82. The molecule has 1 aliphatic rings. The number of amides is 2. The van der Waals surface area contributed by atoms with E-state index in [2.05, 4.69) is 4.98 Å². The molecule has 1 aromatic heterocycles. The Morgan fingerprint density at radius 2 is 2.14 bits per heavy atom. The molecule has 2 rings (SSSR count). The molecule has 21 heavy (non-hydrogen) atoms. The summed E-state index contributed by atoms with van der Waals surface area (Å²) < 4.78 is 0. The van der Waals surface area contributed by atoms with E-state index in [1.165, 1.54) is 0 Å². The zero-order valence-electron chi connectivity index (χ0n) is 12.2. The predicted molar refractivity (Wildman–Crippen MR) is 77.6 cm³/mol. The van der Waals surface area contributed by atoms with Crippen LogP contribution in [0, 0.1) is 5.92 Å². The number of aliphatic carboxylic acids is 1. The van der Waals surface area contributed by atoms with E-state index in [1.807, 2.05) is 19.1 Å². The van der Waals surface area contributed by atoms with E-state index in [4.69, 9.17) is 5.11 Å². The van der Waals surface area contributed by atoms with Crippen LogP contribution in [0.2, 0.25) is 0 Å². The molecule has 0 bridgehead atoms. The fourth-order valence-electron chi connectivity index (χ4n) is 2.58. The van der Waals surface area contributed by atoms with Gasteiger partial charge in [0.15, 0.2) is 0 Å². The Morgan fingerprint density at radius 3 is 2.76 bits per heavy atom. The molecule has 1 saturated heterocycles. The Balaban J connectivity index is 2.00. The van der Waals surface area contributed by atoms with Gasteiger partial charge in [-0.05, 0) is 37.5 Å². The Bertz CT molecular complexity index is 492. The number of nitrogens with zero attached hydrogens (tertiary/aromatic N) is 3. The van der Waals surface area contributed by atoms with E-state index in [0.717, 1.165) is 12.0 Å². The molecule has 1 fully saturated rings.